The number of nitrogens with zero attached hydrogens (tertiary/aromatic N) is 1. The summed E-state index contributed by atoms with van der Waals surface area (Å²) in [6.07, 6.45) is 4.38. The summed E-state index contributed by atoms with van der Waals surface area (Å²) in [4.78, 5) is 14.6. The lowest BCUT2D eigenvalue weighted by Gasteiger charge is -2.24. The summed E-state index contributed by atoms with van der Waals surface area (Å²) in [7, 11) is 0. The van der Waals surface area contributed by atoms with Gasteiger partial charge in [0.2, 0.25) is 5.91 Å². The molecule has 0 saturated carbocycles. The first-order chi connectivity index (χ1) is 9.74. The summed E-state index contributed by atoms with van der Waals surface area (Å²) in [5, 5.41) is 3.43. The van der Waals surface area contributed by atoms with Crippen molar-refractivity contribution in [1.29, 1.82) is 0 Å². The van der Waals surface area contributed by atoms with Gasteiger partial charge < -0.3 is 10.2 Å². The highest BCUT2D eigenvalue weighted by Crippen LogP contribution is 2.24. The smallest absolute Gasteiger partial charge is 0.239 e. The molecule has 1 aromatic rings. The molecule has 3 rings (SSSR count). The van der Waals surface area contributed by atoms with Gasteiger partial charge in [-0.1, -0.05) is 30.3 Å². The lowest BCUT2D eigenvalue weighted by molar-refractivity contribution is -0.133. The number of carbonyl (C=O) groups excluding carboxylic acids is 1. The molecule has 20 heavy (non-hydrogen) atoms. The molecule has 3 atom stereocenters. The number of amides is 1. The molecule has 0 aliphatic carbocycles. The topological polar surface area (TPSA) is 32.3 Å². The third-order valence-electron chi connectivity index (χ3n) is 4.72. The largest absolute Gasteiger partial charge is 0.339 e. The Morgan fingerprint density at radius 3 is 2.85 bits per heavy atom. The third kappa shape index (κ3) is 2.88. The van der Waals surface area contributed by atoms with Crippen molar-refractivity contribution in [3.8, 4) is 0 Å². The molecule has 0 bridgehead atoms. The summed E-state index contributed by atoms with van der Waals surface area (Å²) in [6.45, 7) is 4.08. The summed E-state index contributed by atoms with van der Waals surface area (Å²) in [5.74, 6) is 0.912. The van der Waals surface area contributed by atoms with E-state index in [9.17, 15) is 4.79 Å². The Labute approximate surface area is 121 Å². The minimum atomic E-state index is 0.0456. The van der Waals surface area contributed by atoms with E-state index < -0.39 is 0 Å². The maximum Gasteiger partial charge on any atom is 0.239 e. The molecule has 2 saturated heterocycles. The van der Waals surface area contributed by atoms with Crippen molar-refractivity contribution in [2.45, 2.75) is 44.7 Å². The van der Waals surface area contributed by atoms with Crippen LogP contribution in [0.25, 0.3) is 0 Å². The van der Waals surface area contributed by atoms with Crippen molar-refractivity contribution in [3.63, 3.8) is 0 Å². The normalized spacial score (nSPS) is 29.9. The van der Waals surface area contributed by atoms with Crippen molar-refractivity contribution in [1.82, 2.24) is 10.2 Å². The molecule has 1 amide bonds. The van der Waals surface area contributed by atoms with Gasteiger partial charge in [-0.05, 0) is 50.6 Å². The van der Waals surface area contributed by atoms with Crippen LogP contribution in [0.1, 0.15) is 31.7 Å². The fourth-order valence-corrected chi connectivity index (χ4v) is 3.56. The van der Waals surface area contributed by atoms with Crippen molar-refractivity contribution in [3.05, 3.63) is 35.9 Å². The maximum atomic E-state index is 12.5. The highest BCUT2D eigenvalue weighted by atomic mass is 16.2. The van der Waals surface area contributed by atoms with Crippen LogP contribution in [0.2, 0.25) is 0 Å². The third-order valence-corrected chi connectivity index (χ3v) is 4.72. The number of benzene rings is 1. The molecule has 2 aliphatic rings. The fraction of sp³-hybridized carbons (Fsp3) is 0.588. The molecular weight excluding hydrogens is 248 g/mol. The quantitative estimate of drug-likeness (QED) is 0.915. The van der Waals surface area contributed by atoms with Crippen molar-refractivity contribution in [2.75, 3.05) is 13.1 Å². The predicted molar refractivity (Wildman–Crippen MR) is 80.5 cm³/mol. The molecule has 0 spiro atoms. The van der Waals surface area contributed by atoms with Gasteiger partial charge in [0.1, 0.15) is 0 Å². The van der Waals surface area contributed by atoms with E-state index in [1.54, 1.807) is 0 Å². The highest BCUT2D eigenvalue weighted by Gasteiger charge is 2.35. The van der Waals surface area contributed by atoms with Gasteiger partial charge in [-0.25, -0.2) is 0 Å². The second kappa shape index (κ2) is 5.96. The van der Waals surface area contributed by atoms with E-state index in [-0.39, 0.29) is 6.04 Å². The second-order valence-electron chi connectivity index (χ2n) is 6.28. The standard InChI is InChI=1S/C17H24N2O/c1-13-6-5-9-19(13)17(20)16-11-15(12-18-16)10-14-7-3-2-4-8-14/h2-4,7-8,13,15-16,18H,5-6,9-12H2,1H3/t13-,15-,16?/m1/s1. The molecular formula is C17H24N2O. The minimum Gasteiger partial charge on any atom is -0.339 e. The zero-order valence-electron chi connectivity index (χ0n) is 12.2. The Balaban J connectivity index is 1.55. The molecule has 1 N–H and O–H groups in total. The van der Waals surface area contributed by atoms with Crippen LogP contribution in [-0.2, 0) is 11.2 Å². The summed E-state index contributed by atoms with van der Waals surface area (Å²) in [5.41, 5.74) is 1.38. The summed E-state index contributed by atoms with van der Waals surface area (Å²) in [6, 6.07) is 11.1. The van der Waals surface area contributed by atoms with Crippen molar-refractivity contribution >= 4 is 5.91 Å². The molecule has 108 valence electrons. The Kier molecular flexibility index (Phi) is 4.06. The van der Waals surface area contributed by atoms with E-state index >= 15 is 0 Å². The van der Waals surface area contributed by atoms with Crippen LogP contribution in [0.3, 0.4) is 0 Å². The Morgan fingerprint density at radius 2 is 2.15 bits per heavy atom. The van der Waals surface area contributed by atoms with Gasteiger partial charge in [-0.3, -0.25) is 4.79 Å². The van der Waals surface area contributed by atoms with Crippen LogP contribution in [0.4, 0.5) is 0 Å². The van der Waals surface area contributed by atoms with Gasteiger partial charge in [0.05, 0.1) is 6.04 Å². The number of hydrogen-bond donors (Lipinski definition) is 1. The SMILES string of the molecule is C[C@@H]1CCCN1C(=O)C1C[C@@H](Cc2ccccc2)CN1. The first-order valence-corrected chi connectivity index (χ1v) is 7.82. The average molecular weight is 272 g/mol. The van der Waals surface area contributed by atoms with Gasteiger partial charge in [-0.2, -0.15) is 0 Å². The van der Waals surface area contributed by atoms with Gasteiger partial charge in [0, 0.05) is 12.6 Å². The van der Waals surface area contributed by atoms with Crippen molar-refractivity contribution < 1.29 is 4.79 Å². The number of rotatable bonds is 3. The summed E-state index contributed by atoms with van der Waals surface area (Å²) < 4.78 is 0. The van der Waals surface area contributed by atoms with Crippen LogP contribution < -0.4 is 5.32 Å². The molecule has 3 nitrogen and oxygen atoms in total. The predicted octanol–water partition coefficient (Wildman–Crippen LogP) is 2.22. The lowest BCUT2D eigenvalue weighted by Crippen LogP contribution is -2.44. The maximum absolute atomic E-state index is 12.5. The monoisotopic (exact) mass is 272 g/mol. The Morgan fingerprint density at radius 1 is 1.35 bits per heavy atom. The number of carbonyl (C=O) groups is 1. The van der Waals surface area contributed by atoms with E-state index in [0.717, 1.165) is 38.8 Å². The molecule has 1 unspecified atom stereocenters. The Bertz CT molecular complexity index is 459. The van der Waals surface area contributed by atoms with Gasteiger partial charge in [-0.15, -0.1) is 0 Å². The zero-order valence-corrected chi connectivity index (χ0v) is 12.2. The van der Waals surface area contributed by atoms with Crippen LogP contribution in [0.15, 0.2) is 30.3 Å². The first-order valence-electron chi connectivity index (χ1n) is 7.82. The van der Waals surface area contributed by atoms with Crippen LogP contribution in [0, 0.1) is 5.92 Å². The van der Waals surface area contributed by atoms with Crippen LogP contribution in [-0.4, -0.2) is 36.0 Å². The van der Waals surface area contributed by atoms with E-state index in [4.69, 9.17) is 0 Å². The number of likely N-dealkylation sites (tertiary alicyclic amines) is 1. The van der Waals surface area contributed by atoms with Gasteiger partial charge in [0.25, 0.3) is 0 Å². The molecule has 0 aromatic heterocycles. The van der Waals surface area contributed by atoms with E-state index in [2.05, 4.69) is 47.5 Å². The molecule has 2 aliphatic heterocycles. The number of nitrogens with one attached hydrogen (secondary N) is 1. The van der Waals surface area contributed by atoms with E-state index in [1.807, 2.05) is 0 Å². The second-order valence-corrected chi connectivity index (χ2v) is 6.28. The minimum absolute atomic E-state index is 0.0456. The van der Waals surface area contributed by atoms with Crippen molar-refractivity contribution in [2.24, 2.45) is 5.92 Å². The Hall–Kier alpha value is -1.35. The average Bonchev–Trinajstić information content (AvgIpc) is 3.08. The van der Waals surface area contributed by atoms with Gasteiger partial charge in [0.15, 0.2) is 0 Å². The molecule has 1 aromatic carbocycles. The van der Waals surface area contributed by atoms with E-state index in [0.29, 0.717) is 17.9 Å². The molecule has 0 radical (unpaired) electrons. The summed E-state index contributed by atoms with van der Waals surface area (Å²) >= 11 is 0. The number of hydrogen-bond acceptors (Lipinski definition) is 2. The molecule has 3 heteroatoms. The van der Waals surface area contributed by atoms with E-state index in [1.165, 1.54) is 5.56 Å². The lowest BCUT2D eigenvalue weighted by atomic mass is 9.96. The first kappa shape index (κ1) is 13.6. The van der Waals surface area contributed by atoms with Crippen LogP contribution >= 0.6 is 0 Å². The highest BCUT2D eigenvalue weighted by molar-refractivity contribution is 5.82. The zero-order chi connectivity index (χ0) is 13.9. The molecule has 2 heterocycles. The van der Waals surface area contributed by atoms with Gasteiger partial charge >= 0.3 is 0 Å². The fourth-order valence-electron chi connectivity index (χ4n) is 3.56. The van der Waals surface area contributed by atoms with Crippen LogP contribution in [0.5, 0.6) is 0 Å². The molecule has 2 fully saturated rings.